The smallest absolute Gasteiger partial charge is 0.0195 e. The first kappa shape index (κ1) is 13.3. The van der Waals surface area contributed by atoms with E-state index >= 15 is 0 Å². The molecule has 2 saturated heterocycles. The maximum Gasteiger partial charge on any atom is 0.0195 e. The molecule has 1 N–H and O–H groups in total. The number of nitrogens with zero attached hydrogens (tertiary/aromatic N) is 2. The van der Waals surface area contributed by atoms with Crippen LogP contribution in [0.5, 0.6) is 0 Å². The van der Waals surface area contributed by atoms with Crippen molar-refractivity contribution in [2.75, 3.05) is 45.8 Å². The van der Waals surface area contributed by atoms with E-state index in [4.69, 9.17) is 0 Å². The van der Waals surface area contributed by atoms with Gasteiger partial charge in [0, 0.05) is 45.3 Å². The van der Waals surface area contributed by atoms with E-state index in [1.165, 1.54) is 58.7 Å². The molecular weight excluding hydrogens is 210 g/mol. The molecule has 0 amide bonds. The van der Waals surface area contributed by atoms with Crippen LogP contribution in [0.15, 0.2) is 0 Å². The molecule has 2 heterocycles. The van der Waals surface area contributed by atoms with Gasteiger partial charge in [-0.2, -0.15) is 0 Å². The fourth-order valence-corrected chi connectivity index (χ4v) is 3.03. The van der Waals surface area contributed by atoms with Crippen molar-refractivity contribution in [1.29, 1.82) is 0 Å². The highest BCUT2D eigenvalue weighted by molar-refractivity contribution is 4.82. The van der Waals surface area contributed by atoms with Gasteiger partial charge in [0.05, 0.1) is 0 Å². The minimum Gasteiger partial charge on any atom is -0.313 e. The quantitative estimate of drug-likeness (QED) is 0.803. The molecular formula is C14H29N3. The summed E-state index contributed by atoms with van der Waals surface area (Å²) < 4.78 is 0. The highest BCUT2D eigenvalue weighted by Crippen LogP contribution is 2.17. The molecule has 2 aliphatic heterocycles. The van der Waals surface area contributed by atoms with Gasteiger partial charge in [-0.25, -0.2) is 0 Å². The summed E-state index contributed by atoms with van der Waals surface area (Å²) in [5.74, 6) is 0. The molecule has 0 aliphatic carbocycles. The van der Waals surface area contributed by atoms with Gasteiger partial charge >= 0.3 is 0 Å². The Morgan fingerprint density at radius 3 is 2.24 bits per heavy atom. The molecule has 0 aromatic carbocycles. The number of hydrogen-bond donors (Lipinski definition) is 1. The zero-order valence-electron chi connectivity index (χ0n) is 11.8. The predicted octanol–water partition coefficient (Wildman–Crippen LogP) is 1.40. The lowest BCUT2D eigenvalue weighted by Crippen LogP contribution is -2.51. The monoisotopic (exact) mass is 239 g/mol. The third-order valence-electron chi connectivity index (χ3n) is 3.80. The normalized spacial score (nSPS) is 28.8. The Bertz CT molecular complexity index is 220. The van der Waals surface area contributed by atoms with Crippen molar-refractivity contribution in [3.05, 3.63) is 0 Å². The molecule has 0 aromatic heterocycles. The molecule has 0 bridgehead atoms. The minimum absolute atomic E-state index is 0.440. The second kappa shape index (κ2) is 5.68. The van der Waals surface area contributed by atoms with Crippen molar-refractivity contribution in [2.24, 2.45) is 5.41 Å². The van der Waals surface area contributed by atoms with Gasteiger partial charge in [-0.3, -0.25) is 4.90 Å². The summed E-state index contributed by atoms with van der Waals surface area (Å²) in [6.07, 6.45) is 2.75. The molecule has 2 rings (SSSR count). The van der Waals surface area contributed by atoms with Gasteiger partial charge in [0.25, 0.3) is 0 Å². The lowest BCUT2D eigenvalue weighted by Gasteiger charge is -2.38. The van der Waals surface area contributed by atoms with Crippen LogP contribution in [0.1, 0.15) is 33.6 Å². The first-order chi connectivity index (χ1) is 8.03. The Morgan fingerprint density at radius 2 is 1.71 bits per heavy atom. The Hall–Kier alpha value is -0.120. The second-order valence-electron chi connectivity index (χ2n) is 6.93. The average molecular weight is 239 g/mol. The lowest BCUT2D eigenvalue weighted by atomic mass is 9.96. The second-order valence-corrected chi connectivity index (χ2v) is 6.93. The minimum atomic E-state index is 0.440. The molecule has 0 spiro atoms. The largest absolute Gasteiger partial charge is 0.313 e. The Balaban J connectivity index is 1.67. The fraction of sp³-hybridized carbons (Fsp3) is 1.00. The van der Waals surface area contributed by atoms with E-state index in [1.54, 1.807) is 0 Å². The Kier molecular flexibility index (Phi) is 4.45. The molecule has 100 valence electrons. The summed E-state index contributed by atoms with van der Waals surface area (Å²) >= 11 is 0. The fourth-order valence-electron chi connectivity index (χ4n) is 3.03. The van der Waals surface area contributed by atoms with E-state index in [2.05, 4.69) is 35.9 Å². The van der Waals surface area contributed by atoms with Gasteiger partial charge < -0.3 is 10.2 Å². The molecule has 0 aromatic rings. The van der Waals surface area contributed by atoms with Crippen molar-refractivity contribution in [3.63, 3.8) is 0 Å². The van der Waals surface area contributed by atoms with Crippen molar-refractivity contribution in [1.82, 2.24) is 15.1 Å². The summed E-state index contributed by atoms with van der Waals surface area (Å²) in [7, 11) is 0. The topological polar surface area (TPSA) is 18.5 Å². The highest BCUT2D eigenvalue weighted by Gasteiger charge is 2.23. The highest BCUT2D eigenvalue weighted by atomic mass is 15.3. The molecule has 3 heteroatoms. The van der Waals surface area contributed by atoms with Crippen molar-refractivity contribution in [3.8, 4) is 0 Å². The number of nitrogens with one attached hydrogen (secondary N) is 1. The first-order valence-corrected chi connectivity index (χ1v) is 7.21. The molecule has 1 unspecified atom stereocenters. The summed E-state index contributed by atoms with van der Waals surface area (Å²) in [5.41, 5.74) is 0.440. The summed E-state index contributed by atoms with van der Waals surface area (Å²) in [6.45, 7) is 15.8. The zero-order chi connectivity index (χ0) is 12.3. The summed E-state index contributed by atoms with van der Waals surface area (Å²) in [6, 6.07) is 0.768. The van der Waals surface area contributed by atoms with Crippen LogP contribution in [0.2, 0.25) is 0 Å². The summed E-state index contributed by atoms with van der Waals surface area (Å²) in [5, 5.41) is 3.60. The van der Waals surface area contributed by atoms with Gasteiger partial charge in [-0.1, -0.05) is 20.8 Å². The van der Waals surface area contributed by atoms with Crippen LogP contribution in [0.25, 0.3) is 0 Å². The molecule has 0 saturated carbocycles. The zero-order valence-corrected chi connectivity index (χ0v) is 11.8. The van der Waals surface area contributed by atoms with E-state index in [0.29, 0.717) is 5.41 Å². The van der Waals surface area contributed by atoms with E-state index in [0.717, 1.165) is 6.04 Å². The molecule has 2 aliphatic rings. The molecule has 1 atom stereocenters. The SMILES string of the molecule is CC(C)(C)CN1CCN(CC2CCCN2)CC1. The molecule has 3 nitrogen and oxygen atoms in total. The third kappa shape index (κ3) is 4.57. The van der Waals surface area contributed by atoms with Crippen LogP contribution in [-0.4, -0.2) is 61.7 Å². The standard InChI is InChI=1S/C14H29N3/c1-14(2,3)12-17-9-7-16(8-10-17)11-13-5-4-6-15-13/h13,15H,4-12H2,1-3H3. The van der Waals surface area contributed by atoms with Gasteiger partial charge in [-0.15, -0.1) is 0 Å². The average Bonchev–Trinajstić information content (AvgIpc) is 2.71. The maximum atomic E-state index is 3.60. The van der Waals surface area contributed by atoms with Crippen LogP contribution in [0, 0.1) is 5.41 Å². The predicted molar refractivity (Wildman–Crippen MR) is 73.4 cm³/mol. The maximum absolute atomic E-state index is 3.60. The van der Waals surface area contributed by atoms with Gasteiger partial charge in [-0.05, 0) is 24.8 Å². The first-order valence-electron chi connectivity index (χ1n) is 7.21. The Labute approximate surface area is 107 Å². The van der Waals surface area contributed by atoms with Gasteiger partial charge in [0.1, 0.15) is 0 Å². The van der Waals surface area contributed by atoms with Crippen molar-refractivity contribution >= 4 is 0 Å². The number of piperazine rings is 1. The lowest BCUT2D eigenvalue weighted by molar-refractivity contribution is 0.0974. The van der Waals surface area contributed by atoms with Crippen LogP contribution in [0.4, 0.5) is 0 Å². The van der Waals surface area contributed by atoms with Crippen LogP contribution in [0.3, 0.4) is 0 Å². The van der Waals surface area contributed by atoms with Gasteiger partial charge in [0.2, 0.25) is 0 Å². The number of hydrogen-bond acceptors (Lipinski definition) is 3. The van der Waals surface area contributed by atoms with Crippen LogP contribution >= 0.6 is 0 Å². The van der Waals surface area contributed by atoms with E-state index in [-0.39, 0.29) is 0 Å². The number of rotatable bonds is 3. The van der Waals surface area contributed by atoms with Crippen LogP contribution in [-0.2, 0) is 0 Å². The molecule has 2 fully saturated rings. The molecule has 17 heavy (non-hydrogen) atoms. The summed E-state index contributed by atoms with van der Waals surface area (Å²) in [4.78, 5) is 5.26. The van der Waals surface area contributed by atoms with Crippen molar-refractivity contribution in [2.45, 2.75) is 39.7 Å². The molecule has 0 radical (unpaired) electrons. The van der Waals surface area contributed by atoms with Crippen LogP contribution < -0.4 is 5.32 Å². The van der Waals surface area contributed by atoms with Crippen molar-refractivity contribution < 1.29 is 0 Å². The van der Waals surface area contributed by atoms with E-state index in [9.17, 15) is 0 Å². The third-order valence-corrected chi connectivity index (χ3v) is 3.80. The van der Waals surface area contributed by atoms with E-state index in [1.807, 2.05) is 0 Å². The van der Waals surface area contributed by atoms with E-state index < -0.39 is 0 Å². The Morgan fingerprint density at radius 1 is 1.06 bits per heavy atom. The van der Waals surface area contributed by atoms with Gasteiger partial charge in [0.15, 0.2) is 0 Å².